The molecule has 0 aliphatic rings. The zero-order valence-corrected chi connectivity index (χ0v) is 7.89. The Morgan fingerprint density at radius 3 is 2.45 bits per heavy atom. The van der Waals surface area contributed by atoms with Crippen molar-refractivity contribution in [3.05, 3.63) is 12.3 Å². The molecule has 1 atom stereocenters. The summed E-state index contributed by atoms with van der Waals surface area (Å²) >= 11 is 0. The van der Waals surface area contributed by atoms with Crippen molar-refractivity contribution in [3.8, 4) is 0 Å². The van der Waals surface area contributed by atoms with Crippen LogP contribution >= 0.6 is 0 Å². The van der Waals surface area contributed by atoms with Gasteiger partial charge in [0.2, 0.25) is 0 Å². The monoisotopic (exact) mass is 154 g/mol. The zero-order valence-electron chi connectivity index (χ0n) is 7.89. The lowest BCUT2D eigenvalue weighted by Gasteiger charge is -2.07. The Bertz CT molecular complexity index is 148. The molecular weight excluding hydrogens is 136 g/mol. The normalized spacial score (nSPS) is 13.5. The van der Waals surface area contributed by atoms with Crippen molar-refractivity contribution in [2.24, 2.45) is 5.92 Å². The van der Waals surface area contributed by atoms with E-state index in [1.54, 1.807) is 0 Å². The molecule has 0 aromatic carbocycles. The van der Waals surface area contributed by atoms with E-state index in [1.165, 1.54) is 0 Å². The van der Waals surface area contributed by atoms with Crippen molar-refractivity contribution in [2.75, 3.05) is 14.1 Å². The van der Waals surface area contributed by atoms with Crippen LogP contribution in [0.3, 0.4) is 0 Å². The fourth-order valence-corrected chi connectivity index (χ4v) is 0.614. The molecule has 1 unspecified atom stereocenters. The average Bonchev–Trinajstić information content (AvgIpc) is 1.98. The third-order valence-corrected chi connectivity index (χ3v) is 1.70. The minimum absolute atomic E-state index is 0.381. The second-order valence-electron chi connectivity index (χ2n) is 3.04. The highest BCUT2D eigenvalue weighted by molar-refractivity contribution is 5.93. The van der Waals surface area contributed by atoms with E-state index in [0.717, 1.165) is 6.42 Å². The maximum Gasteiger partial charge on any atom is 0.0356 e. The van der Waals surface area contributed by atoms with E-state index in [-0.39, 0.29) is 0 Å². The minimum atomic E-state index is 0.381. The number of nitrogens with zero attached hydrogens (tertiary/aromatic N) is 1. The van der Waals surface area contributed by atoms with Crippen LogP contribution in [0.5, 0.6) is 0 Å². The Labute approximate surface area is 69.4 Å². The van der Waals surface area contributed by atoms with Crippen LogP contribution in [0.1, 0.15) is 20.3 Å². The molecule has 0 bridgehead atoms. The Kier molecular flexibility index (Phi) is 4.59. The molecule has 0 heterocycles. The lowest BCUT2D eigenvalue weighted by atomic mass is 10.0. The second kappa shape index (κ2) is 4.94. The number of allylic oxidation sites excluding steroid dienone is 1. The van der Waals surface area contributed by atoms with Gasteiger partial charge < -0.3 is 10.3 Å². The smallest absolute Gasteiger partial charge is 0.0356 e. The van der Waals surface area contributed by atoms with Crippen LogP contribution in [0.25, 0.3) is 0 Å². The molecule has 0 aromatic heterocycles. The fourth-order valence-electron chi connectivity index (χ4n) is 0.614. The summed E-state index contributed by atoms with van der Waals surface area (Å²) in [6.07, 6.45) is 4.80. The van der Waals surface area contributed by atoms with Crippen molar-refractivity contribution in [1.82, 2.24) is 4.90 Å². The molecule has 0 aliphatic heterocycles. The third kappa shape index (κ3) is 4.59. The quantitative estimate of drug-likeness (QED) is 0.617. The van der Waals surface area contributed by atoms with Crippen LogP contribution in [-0.4, -0.2) is 24.7 Å². The fraction of sp³-hybridized carbons (Fsp3) is 0.667. The number of rotatable bonds is 4. The molecular formula is C9H18N2. The van der Waals surface area contributed by atoms with E-state index >= 15 is 0 Å². The van der Waals surface area contributed by atoms with Crippen LogP contribution in [0.15, 0.2) is 12.3 Å². The summed E-state index contributed by atoms with van der Waals surface area (Å²) in [6.45, 7) is 4.17. The van der Waals surface area contributed by atoms with Gasteiger partial charge in [-0.15, -0.1) is 0 Å². The number of nitrogens with one attached hydrogen (secondary N) is 1. The van der Waals surface area contributed by atoms with Crippen molar-refractivity contribution in [3.63, 3.8) is 0 Å². The van der Waals surface area contributed by atoms with Crippen LogP contribution in [0.2, 0.25) is 0 Å². The Balaban J connectivity index is 3.86. The average molecular weight is 154 g/mol. The van der Waals surface area contributed by atoms with Crippen LogP contribution in [0, 0.1) is 11.3 Å². The molecule has 0 fully saturated rings. The van der Waals surface area contributed by atoms with Crippen molar-refractivity contribution >= 4 is 5.71 Å². The van der Waals surface area contributed by atoms with Crippen molar-refractivity contribution in [1.29, 1.82) is 5.41 Å². The molecule has 2 heteroatoms. The largest absolute Gasteiger partial charge is 0.383 e. The van der Waals surface area contributed by atoms with Gasteiger partial charge in [0.25, 0.3) is 0 Å². The highest BCUT2D eigenvalue weighted by atomic mass is 15.0. The molecule has 11 heavy (non-hydrogen) atoms. The lowest BCUT2D eigenvalue weighted by molar-refractivity contribution is 0.563. The summed E-state index contributed by atoms with van der Waals surface area (Å²) in [6, 6.07) is 0. The van der Waals surface area contributed by atoms with Gasteiger partial charge in [0, 0.05) is 26.0 Å². The highest BCUT2D eigenvalue weighted by Crippen LogP contribution is 2.03. The number of hydrogen-bond acceptors (Lipinski definition) is 2. The van der Waals surface area contributed by atoms with E-state index in [2.05, 4.69) is 13.8 Å². The van der Waals surface area contributed by atoms with Gasteiger partial charge in [-0.25, -0.2) is 0 Å². The summed E-state index contributed by atoms with van der Waals surface area (Å²) in [5, 5.41) is 7.57. The molecule has 0 rings (SSSR count). The Morgan fingerprint density at radius 1 is 1.55 bits per heavy atom. The van der Waals surface area contributed by atoms with E-state index < -0.39 is 0 Å². The zero-order chi connectivity index (χ0) is 8.85. The first-order valence-corrected chi connectivity index (χ1v) is 4.01. The molecule has 0 aromatic rings. The van der Waals surface area contributed by atoms with E-state index in [9.17, 15) is 0 Å². The first-order chi connectivity index (χ1) is 5.07. The van der Waals surface area contributed by atoms with Gasteiger partial charge in [0.15, 0.2) is 0 Å². The lowest BCUT2D eigenvalue weighted by Crippen LogP contribution is -2.08. The molecule has 64 valence electrons. The third-order valence-electron chi connectivity index (χ3n) is 1.70. The summed E-state index contributed by atoms with van der Waals surface area (Å²) in [5.74, 6) is 0.381. The van der Waals surface area contributed by atoms with E-state index in [4.69, 9.17) is 5.41 Å². The first-order valence-electron chi connectivity index (χ1n) is 4.01. The van der Waals surface area contributed by atoms with Gasteiger partial charge in [0.05, 0.1) is 0 Å². The summed E-state index contributed by atoms with van der Waals surface area (Å²) < 4.78 is 0. The molecule has 0 saturated carbocycles. The highest BCUT2D eigenvalue weighted by Gasteiger charge is 2.01. The first kappa shape index (κ1) is 10.2. The molecule has 0 amide bonds. The SMILES string of the molecule is CCC(C)C(=N)/C=C\N(C)C. The van der Waals surface area contributed by atoms with Crippen LogP contribution in [-0.2, 0) is 0 Å². The molecule has 2 nitrogen and oxygen atoms in total. The molecule has 0 saturated heterocycles. The summed E-state index contributed by atoms with van der Waals surface area (Å²) in [5.41, 5.74) is 0.709. The standard InChI is InChI=1S/C9H18N2/c1-5-8(2)9(10)6-7-11(3)4/h6-8,10H,5H2,1-4H3/b7-6-,10-9?. The van der Waals surface area contributed by atoms with Gasteiger partial charge >= 0.3 is 0 Å². The van der Waals surface area contributed by atoms with E-state index in [0.29, 0.717) is 11.6 Å². The summed E-state index contributed by atoms with van der Waals surface area (Å²) in [7, 11) is 3.92. The van der Waals surface area contributed by atoms with Gasteiger partial charge in [0.1, 0.15) is 0 Å². The second-order valence-corrected chi connectivity index (χ2v) is 3.04. The van der Waals surface area contributed by atoms with Crippen molar-refractivity contribution < 1.29 is 0 Å². The van der Waals surface area contributed by atoms with Gasteiger partial charge in [-0.1, -0.05) is 13.8 Å². The topological polar surface area (TPSA) is 27.1 Å². The van der Waals surface area contributed by atoms with Crippen LogP contribution < -0.4 is 0 Å². The van der Waals surface area contributed by atoms with Crippen molar-refractivity contribution in [2.45, 2.75) is 20.3 Å². The van der Waals surface area contributed by atoms with Gasteiger partial charge in [-0.3, -0.25) is 0 Å². The Hall–Kier alpha value is -0.790. The molecule has 0 aliphatic carbocycles. The summed E-state index contributed by atoms with van der Waals surface area (Å²) in [4.78, 5) is 1.94. The minimum Gasteiger partial charge on any atom is -0.383 e. The number of hydrogen-bond donors (Lipinski definition) is 1. The Morgan fingerprint density at radius 2 is 2.09 bits per heavy atom. The maximum absolute atomic E-state index is 7.57. The molecule has 0 spiro atoms. The predicted octanol–water partition coefficient (Wildman–Crippen LogP) is 2.13. The van der Waals surface area contributed by atoms with E-state index in [1.807, 2.05) is 31.3 Å². The van der Waals surface area contributed by atoms with Gasteiger partial charge in [-0.2, -0.15) is 0 Å². The van der Waals surface area contributed by atoms with Gasteiger partial charge in [-0.05, 0) is 18.4 Å². The van der Waals surface area contributed by atoms with Crippen LogP contribution in [0.4, 0.5) is 0 Å². The molecule has 1 N–H and O–H groups in total. The molecule has 0 radical (unpaired) electrons. The maximum atomic E-state index is 7.57. The predicted molar refractivity (Wildman–Crippen MR) is 50.0 cm³/mol.